The van der Waals surface area contributed by atoms with Crippen LogP contribution < -0.4 is 5.56 Å². The van der Waals surface area contributed by atoms with Crippen molar-refractivity contribution in [3.63, 3.8) is 0 Å². The molecule has 0 unspecified atom stereocenters. The van der Waals surface area contributed by atoms with Crippen LogP contribution in [0.25, 0.3) is 44.3 Å². The number of H-pyrrole nitrogens is 1. The van der Waals surface area contributed by atoms with E-state index >= 15 is 0 Å². The smallest absolute Gasteiger partial charge is 0.307 e. The molecule has 0 amide bonds. The first-order valence-corrected chi connectivity index (χ1v) is 11.0. The van der Waals surface area contributed by atoms with Crippen molar-refractivity contribution in [2.75, 3.05) is 0 Å². The average molecular weight is 467 g/mol. The van der Waals surface area contributed by atoms with Crippen molar-refractivity contribution in [2.45, 2.75) is 6.42 Å². The van der Waals surface area contributed by atoms with E-state index in [0.29, 0.717) is 27.2 Å². The van der Waals surface area contributed by atoms with Crippen LogP contribution in [0.3, 0.4) is 0 Å². The average Bonchev–Trinajstić information content (AvgIpc) is 2.84. The maximum Gasteiger partial charge on any atom is 0.307 e. The van der Waals surface area contributed by atoms with Gasteiger partial charge in [-0.2, -0.15) is 0 Å². The molecule has 0 radical (unpaired) electrons. The zero-order chi connectivity index (χ0) is 23.7. The van der Waals surface area contributed by atoms with Gasteiger partial charge in [0.15, 0.2) is 0 Å². The molecule has 2 heterocycles. The summed E-state index contributed by atoms with van der Waals surface area (Å²) in [7, 11) is 0. The third-order valence-corrected chi connectivity index (χ3v) is 6.03. The monoisotopic (exact) mass is 466 g/mol. The summed E-state index contributed by atoms with van der Waals surface area (Å²) >= 11 is 6.59. The topological polar surface area (TPSA) is 83.0 Å². The van der Waals surface area contributed by atoms with E-state index in [-0.39, 0.29) is 12.0 Å². The summed E-state index contributed by atoms with van der Waals surface area (Å²) in [6, 6.07) is 24.5. The van der Waals surface area contributed by atoms with E-state index < -0.39 is 5.97 Å². The summed E-state index contributed by atoms with van der Waals surface area (Å²) in [5, 5.41) is 10.5. The van der Waals surface area contributed by atoms with Crippen LogP contribution in [0.2, 0.25) is 5.02 Å². The van der Waals surface area contributed by atoms with Gasteiger partial charge < -0.3 is 10.1 Å². The molecule has 2 aromatic heterocycles. The van der Waals surface area contributed by atoms with Gasteiger partial charge >= 0.3 is 5.97 Å². The Hall–Kier alpha value is -4.22. The normalized spacial score (nSPS) is 11.0. The first-order valence-electron chi connectivity index (χ1n) is 10.7. The van der Waals surface area contributed by atoms with E-state index in [1.54, 1.807) is 36.5 Å². The van der Waals surface area contributed by atoms with E-state index in [0.717, 1.165) is 27.6 Å². The Bertz CT molecular complexity index is 1580. The van der Waals surface area contributed by atoms with Crippen molar-refractivity contribution in [2.24, 2.45) is 0 Å². The summed E-state index contributed by atoms with van der Waals surface area (Å²) in [6.45, 7) is 0. The molecule has 0 spiro atoms. The Balaban J connectivity index is 1.56. The van der Waals surface area contributed by atoms with Crippen LogP contribution >= 0.6 is 11.6 Å². The summed E-state index contributed by atoms with van der Waals surface area (Å²) in [6.07, 6.45) is 3.46. The lowest BCUT2D eigenvalue weighted by atomic mass is 9.98. The quantitative estimate of drug-likeness (QED) is 0.323. The van der Waals surface area contributed by atoms with Crippen LogP contribution in [0, 0.1) is 0 Å². The Morgan fingerprint density at radius 3 is 2.32 bits per heavy atom. The highest BCUT2D eigenvalue weighted by molar-refractivity contribution is 6.34. The molecule has 6 heteroatoms. The highest BCUT2D eigenvalue weighted by atomic mass is 35.5. The number of carboxylic acid groups (broad SMARTS) is 1. The Morgan fingerprint density at radius 1 is 0.853 bits per heavy atom. The molecule has 2 N–H and O–H groups in total. The number of nitrogens with zero attached hydrogens (tertiary/aromatic N) is 1. The number of pyridine rings is 2. The van der Waals surface area contributed by atoms with Gasteiger partial charge in [0.2, 0.25) is 0 Å². The number of halogens is 1. The lowest BCUT2D eigenvalue weighted by Gasteiger charge is -2.10. The molecule has 34 heavy (non-hydrogen) atoms. The SMILES string of the molecule is O=C(O)Cc1cccc(-c2cc3cc(-c4ccc(-c5cccnc5)cc4)c(Cl)cc3[nH]c2=O)c1. The molecule has 3 aromatic carbocycles. The van der Waals surface area contributed by atoms with Crippen LogP contribution in [0.1, 0.15) is 5.56 Å². The minimum Gasteiger partial charge on any atom is -0.481 e. The van der Waals surface area contributed by atoms with E-state index in [2.05, 4.69) is 9.97 Å². The second-order valence-corrected chi connectivity index (χ2v) is 8.43. The van der Waals surface area contributed by atoms with Crippen molar-refractivity contribution in [1.29, 1.82) is 0 Å². The van der Waals surface area contributed by atoms with Crippen molar-refractivity contribution >= 4 is 28.5 Å². The summed E-state index contributed by atoms with van der Waals surface area (Å²) in [5.74, 6) is -0.918. The number of nitrogens with one attached hydrogen (secondary N) is 1. The molecule has 5 aromatic rings. The van der Waals surface area contributed by atoms with E-state index in [4.69, 9.17) is 16.7 Å². The highest BCUT2D eigenvalue weighted by Crippen LogP contribution is 2.33. The van der Waals surface area contributed by atoms with Gasteiger partial charge in [-0.3, -0.25) is 14.6 Å². The van der Waals surface area contributed by atoms with Gasteiger partial charge in [0.05, 0.1) is 11.4 Å². The van der Waals surface area contributed by atoms with Crippen LogP contribution in [0.5, 0.6) is 0 Å². The van der Waals surface area contributed by atoms with Gasteiger partial charge in [0, 0.05) is 29.0 Å². The molecule has 0 atom stereocenters. The fourth-order valence-corrected chi connectivity index (χ4v) is 4.34. The fourth-order valence-electron chi connectivity index (χ4n) is 4.06. The lowest BCUT2D eigenvalue weighted by molar-refractivity contribution is -0.136. The predicted octanol–water partition coefficient (Wildman–Crippen LogP) is 6.20. The summed E-state index contributed by atoms with van der Waals surface area (Å²) < 4.78 is 0. The molecule has 5 rings (SSSR count). The number of carboxylic acids is 1. The molecule has 0 aliphatic heterocycles. The Kier molecular flexibility index (Phi) is 5.70. The molecule has 0 fully saturated rings. The number of rotatable bonds is 5. The number of hydrogen-bond acceptors (Lipinski definition) is 3. The van der Waals surface area contributed by atoms with E-state index in [1.807, 2.05) is 54.7 Å². The number of aliphatic carboxylic acids is 1. The van der Waals surface area contributed by atoms with Gasteiger partial charge in [-0.25, -0.2) is 0 Å². The number of aromatic amines is 1. The van der Waals surface area contributed by atoms with Gasteiger partial charge in [0.1, 0.15) is 0 Å². The number of benzene rings is 3. The number of hydrogen-bond donors (Lipinski definition) is 2. The molecule has 5 nitrogen and oxygen atoms in total. The fraction of sp³-hybridized carbons (Fsp3) is 0.0357. The molecular formula is C28H19ClN2O3. The van der Waals surface area contributed by atoms with Crippen LogP contribution in [0.15, 0.2) is 96.1 Å². The van der Waals surface area contributed by atoms with E-state index in [1.165, 1.54) is 0 Å². The van der Waals surface area contributed by atoms with Crippen LogP contribution in [-0.2, 0) is 11.2 Å². The molecule has 0 bridgehead atoms. The van der Waals surface area contributed by atoms with Gasteiger partial charge in [-0.1, -0.05) is 66.2 Å². The lowest BCUT2D eigenvalue weighted by Crippen LogP contribution is -2.09. The second kappa shape index (κ2) is 8.96. The number of aromatic nitrogens is 2. The summed E-state index contributed by atoms with van der Waals surface area (Å²) in [4.78, 5) is 30.9. The van der Waals surface area contributed by atoms with Crippen molar-refractivity contribution in [1.82, 2.24) is 9.97 Å². The molecular weight excluding hydrogens is 448 g/mol. The largest absolute Gasteiger partial charge is 0.481 e. The third-order valence-electron chi connectivity index (χ3n) is 5.72. The first kappa shape index (κ1) is 21.6. The standard InChI is InChI=1S/C28H19ClN2O3/c29-25-15-26-22(13-23(25)19-8-6-18(7-9-19)21-5-2-10-30-16-21)14-24(28(34)31-26)20-4-1-3-17(11-20)12-27(32)33/h1-11,13-16H,12H2,(H,31,34)(H,32,33). The van der Waals surface area contributed by atoms with Crippen molar-refractivity contribution in [3.8, 4) is 33.4 Å². The molecule has 166 valence electrons. The summed E-state index contributed by atoms with van der Waals surface area (Å²) in [5.41, 5.74) is 6.04. The number of fused-ring (bicyclic) bond motifs is 1. The zero-order valence-corrected chi connectivity index (χ0v) is 18.7. The minimum atomic E-state index is -0.918. The molecule has 0 saturated heterocycles. The van der Waals surface area contributed by atoms with Gasteiger partial charge in [0.25, 0.3) is 5.56 Å². The third kappa shape index (κ3) is 4.34. The Morgan fingerprint density at radius 2 is 1.59 bits per heavy atom. The van der Waals surface area contributed by atoms with Crippen molar-refractivity contribution < 1.29 is 9.90 Å². The van der Waals surface area contributed by atoms with Gasteiger partial charge in [-0.15, -0.1) is 0 Å². The number of carbonyl (C=O) groups is 1. The van der Waals surface area contributed by atoms with Gasteiger partial charge in [-0.05, 0) is 57.5 Å². The maximum absolute atomic E-state index is 12.8. The van der Waals surface area contributed by atoms with E-state index in [9.17, 15) is 9.59 Å². The Labute approximate surface area is 200 Å². The molecule has 0 saturated carbocycles. The van der Waals surface area contributed by atoms with Crippen molar-refractivity contribution in [3.05, 3.63) is 112 Å². The molecule has 0 aliphatic rings. The molecule has 0 aliphatic carbocycles. The zero-order valence-electron chi connectivity index (χ0n) is 18.0. The maximum atomic E-state index is 12.8. The predicted molar refractivity (Wildman–Crippen MR) is 135 cm³/mol. The van der Waals surface area contributed by atoms with Crippen LogP contribution in [0.4, 0.5) is 0 Å². The minimum absolute atomic E-state index is 0.103. The van der Waals surface area contributed by atoms with Crippen LogP contribution in [-0.4, -0.2) is 21.0 Å². The first-order chi connectivity index (χ1) is 16.5. The second-order valence-electron chi connectivity index (χ2n) is 8.02. The highest BCUT2D eigenvalue weighted by Gasteiger charge is 2.12.